The quantitative estimate of drug-likeness (QED) is 0.502. The van der Waals surface area contributed by atoms with Gasteiger partial charge < -0.3 is 0 Å². The van der Waals surface area contributed by atoms with E-state index in [1.165, 1.54) is 5.56 Å². The Balaban J connectivity index is 1.44. The number of aryl methyl sites for hydroxylation is 1. The fourth-order valence-corrected chi connectivity index (χ4v) is 3.25. The van der Waals surface area contributed by atoms with E-state index in [0.717, 1.165) is 29.2 Å². The van der Waals surface area contributed by atoms with Crippen LogP contribution in [0, 0.1) is 11.7 Å². The topological polar surface area (TPSA) is 54.7 Å². The first-order valence-electron chi connectivity index (χ1n) is 9.10. The lowest BCUT2D eigenvalue weighted by Gasteiger charge is -2.15. The minimum absolute atomic E-state index is 0.544. The van der Waals surface area contributed by atoms with Gasteiger partial charge in [0.1, 0.15) is 0 Å². The number of nitrogens with zero attached hydrogens (tertiary/aromatic N) is 5. The summed E-state index contributed by atoms with van der Waals surface area (Å²) in [6.45, 7) is 3.45. The van der Waals surface area contributed by atoms with Crippen LogP contribution in [-0.2, 0) is 13.2 Å². The number of para-hydroxylation sites is 1. The molecule has 0 spiro atoms. The molecule has 2 heterocycles. The molecule has 4 rings (SSSR count). The number of H-pyrrole nitrogens is 1. The number of benzene rings is 2. The summed E-state index contributed by atoms with van der Waals surface area (Å²) < 4.78 is 4.31. The van der Waals surface area contributed by atoms with Crippen LogP contribution in [0.4, 0.5) is 0 Å². The number of hydrogen-bond donors (Lipinski definition) is 1. The van der Waals surface area contributed by atoms with E-state index in [0.29, 0.717) is 11.4 Å². The van der Waals surface area contributed by atoms with Gasteiger partial charge in [0.05, 0.1) is 18.6 Å². The third-order valence-corrected chi connectivity index (χ3v) is 4.81. The van der Waals surface area contributed by atoms with Crippen LogP contribution in [-0.4, -0.2) is 36.5 Å². The molecule has 0 aliphatic carbocycles. The molecule has 0 saturated carbocycles. The molecule has 2 aromatic carbocycles. The Morgan fingerprint density at radius 3 is 2.57 bits per heavy atom. The molecule has 1 N–H and O–H groups in total. The summed E-state index contributed by atoms with van der Waals surface area (Å²) in [7, 11) is 2.05. The lowest BCUT2D eigenvalue weighted by atomic mass is 10.1. The fraction of sp³-hybridized carbons (Fsp3) is 0.190. The van der Waals surface area contributed by atoms with Crippen molar-refractivity contribution in [3.05, 3.63) is 82.9 Å². The maximum Gasteiger partial charge on any atom is 0.217 e. The SMILES string of the molecule is Cc1ccc(-c2nc(=S)n(CN(C)Cc3cnn(-c4ccccc4)c3)[nH]2)cc1. The van der Waals surface area contributed by atoms with E-state index < -0.39 is 0 Å². The molecule has 0 aliphatic heterocycles. The van der Waals surface area contributed by atoms with Crippen molar-refractivity contribution in [3.8, 4) is 17.1 Å². The molecule has 28 heavy (non-hydrogen) atoms. The number of aromatic nitrogens is 5. The molecule has 0 unspecified atom stereocenters. The molecule has 0 atom stereocenters. The smallest absolute Gasteiger partial charge is 0.217 e. The Bertz CT molecular complexity index is 1110. The highest BCUT2D eigenvalue weighted by atomic mass is 32.1. The number of rotatable bonds is 6. The molecule has 2 aromatic heterocycles. The molecule has 0 radical (unpaired) electrons. The van der Waals surface area contributed by atoms with Crippen LogP contribution < -0.4 is 0 Å². The minimum Gasteiger partial charge on any atom is -0.283 e. The summed E-state index contributed by atoms with van der Waals surface area (Å²) in [5.74, 6) is 0.787. The average Bonchev–Trinajstić information content (AvgIpc) is 3.30. The molecule has 0 fully saturated rings. The summed E-state index contributed by atoms with van der Waals surface area (Å²) in [5.41, 5.74) is 4.44. The van der Waals surface area contributed by atoms with Crippen molar-refractivity contribution in [2.24, 2.45) is 0 Å². The van der Waals surface area contributed by atoms with Gasteiger partial charge in [-0.05, 0) is 38.3 Å². The standard InChI is InChI=1S/C21H22N6S/c1-16-8-10-18(11-9-16)20-23-21(28)27(24-20)15-25(2)13-17-12-22-26(14-17)19-6-4-3-5-7-19/h3-12,14H,13,15H2,1-2H3,(H,23,24,28). The van der Waals surface area contributed by atoms with E-state index in [-0.39, 0.29) is 0 Å². The van der Waals surface area contributed by atoms with Crippen LogP contribution in [0.3, 0.4) is 0 Å². The normalized spacial score (nSPS) is 11.2. The van der Waals surface area contributed by atoms with Gasteiger partial charge in [0.15, 0.2) is 5.82 Å². The van der Waals surface area contributed by atoms with Crippen molar-refractivity contribution in [2.45, 2.75) is 20.1 Å². The van der Waals surface area contributed by atoms with Gasteiger partial charge in [0.2, 0.25) is 4.77 Å². The van der Waals surface area contributed by atoms with Crippen LogP contribution >= 0.6 is 12.2 Å². The Kier molecular flexibility index (Phi) is 5.18. The summed E-state index contributed by atoms with van der Waals surface area (Å²) in [4.78, 5) is 6.66. The Labute approximate surface area is 169 Å². The summed E-state index contributed by atoms with van der Waals surface area (Å²) in [5, 5.41) is 7.76. The fourth-order valence-electron chi connectivity index (χ4n) is 3.06. The van der Waals surface area contributed by atoms with E-state index in [2.05, 4.69) is 57.5 Å². The zero-order valence-electron chi connectivity index (χ0n) is 15.9. The zero-order chi connectivity index (χ0) is 19.5. The van der Waals surface area contributed by atoms with E-state index >= 15 is 0 Å². The van der Waals surface area contributed by atoms with Gasteiger partial charge in [-0.15, -0.1) is 0 Å². The second-order valence-electron chi connectivity index (χ2n) is 6.93. The van der Waals surface area contributed by atoms with Gasteiger partial charge in [0.25, 0.3) is 0 Å². The minimum atomic E-state index is 0.544. The zero-order valence-corrected chi connectivity index (χ0v) is 16.7. The van der Waals surface area contributed by atoms with Gasteiger partial charge in [-0.3, -0.25) is 10.00 Å². The molecular formula is C21H22N6S. The molecule has 7 heteroatoms. The highest BCUT2D eigenvalue weighted by Gasteiger charge is 2.09. The molecule has 142 valence electrons. The maximum absolute atomic E-state index is 5.43. The molecule has 0 amide bonds. The van der Waals surface area contributed by atoms with E-state index in [4.69, 9.17) is 12.2 Å². The van der Waals surface area contributed by atoms with Crippen LogP contribution in [0.15, 0.2) is 67.0 Å². The van der Waals surface area contributed by atoms with Crippen LogP contribution in [0.25, 0.3) is 17.1 Å². The summed E-state index contributed by atoms with van der Waals surface area (Å²) in [6, 6.07) is 18.3. The van der Waals surface area contributed by atoms with Crippen molar-refractivity contribution in [1.29, 1.82) is 0 Å². The number of aromatic amines is 1. The summed E-state index contributed by atoms with van der Waals surface area (Å²) >= 11 is 5.43. The van der Waals surface area contributed by atoms with Crippen molar-refractivity contribution in [1.82, 2.24) is 29.4 Å². The van der Waals surface area contributed by atoms with Gasteiger partial charge in [0, 0.05) is 23.9 Å². The van der Waals surface area contributed by atoms with Gasteiger partial charge in [-0.1, -0.05) is 48.0 Å². The third-order valence-electron chi connectivity index (χ3n) is 4.50. The lowest BCUT2D eigenvalue weighted by Crippen LogP contribution is -2.22. The number of hydrogen-bond acceptors (Lipinski definition) is 4. The van der Waals surface area contributed by atoms with Crippen LogP contribution in [0.1, 0.15) is 11.1 Å². The summed E-state index contributed by atoms with van der Waals surface area (Å²) in [6.07, 6.45) is 3.95. The monoisotopic (exact) mass is 390 g/mol. The lowest BCUT2D eigenvalue weighted by molar-refractivity contribution is 0.244. The highest BCUT2D eigenvalue weighted by Crippen LogP contribution is 2.16. The largest absolute Gasteiger partial charge is 0.283 e. The van der Waals surface area contributed by atoms with E-state index in [1.54, 1.807) is 0 Å². The van der Waals surface area contributed by atoms with Crippen LogP contribution in [0.2, 0.25) is 0 Å². The second kappa shape index (κ2) is 7.92. The molecular weight excluding hydrogens is 368 g/mol. The Morgan fingerprint density at radius 2 is 1.82 bits per heavy atom. The first-order valence-corrected chi connectivity index (χ1v) is 9.51. The highest BCUT2D eigenvalue weighted by molar-refractivity contribution is 7.71. The van der Waals surface area contributed by atoms with Crippen molar-refractivity contribution in [3.63, 3.8) is 0 Å². The van der Waals surface area contributed by atoms with Crippen molar-refractivity contribution >= 4 is 12.2 Å². The molecule has 6 nitrogen and oxygen atoms in total. The maximum atomic E-state index is 5.43. The average molecular weight is 391 g/mol. The first-order chi connectivity index (χ1) is 13.6. The van der Waals surface area contributed by atoms with Gasteiger partial charge >= 0.3 is 0 Å². The number of nitrogens with one attached hydrogen (secondary N) is 1. The van der Waals surface area contributed by atoms with Crippen molar-refractivity contribution in [2.75, 3.05) is 7.05 Å². The second-order valence-corrected chi connectivity index (χ2v) is 7.30. The van der Waals surface area contributed by atoms with Crippen LogP contribution in [0.5, 0.6) is 0 Å². The Morgan fingerprint density at radius 1 is 1.07 bits per heavy atom. The Hall–Kier alpha value is -3.03. The van der Waals surface area contributed by atoms with E-state index in [1.807, 2.05) is 52.9 Å². The molecule has 0 saturated heterocycles. The van der Waals surface area contributed by atoms with Gasteiger partial charge in [-0.25, -0.2) is 9.36 Å². The predicted octanol–water partition coefficient (Wildman–Crippen LogP) is 4.19. The van der Waals surface area contributed by atoms with E-state index in [9.17, 15) is 0 Å². The molecule has 0 aliphatic rings. The van der Waals surface area contributed by atoms with Gasteiger partial charge in [-0.2, -0.15) is 10.1 Å². The molecule has 0 bridgehead atoms. The third kappa shape index (κ3) is 4.11. The molecule has 4 aromatic rings. The first kappa shape index (κ1) is 18.3. The predicted molar refractivity (Wildman–Crippen MR) is 113 cm³/mol. The van der Waals surface area contributed by atoms with Crippen molar-refractivity contribution < 1.29 is 0 Å².